The van der Waals surface area contributed by atoms with Crippen molar-refractivity contribution >= 4 is 37.3 Å². The summed E-state index contributed by atoms with van der Waals surface area (Å²) in [6.45, 7) is 2.51. The van der Waals surface area contributed by atoms with Crippen molar-refractivity contribution in [3.63, 3.8) is 0 Å². The highest BCUT2D eigenvalue weighted by Gasteiger charge is 2.19. The van der Waals surface area contributed by atoms with Gasteiger partial charge in [-0.25, -0.2) is 8.42 Å². The summed E-state index contributed by atoms with van der Waals surface area (Å²) in [5.74, 6) is 0. The van der Waals surface area contributed by atoms with Gasteiger partial charge in [-0.3, -0.25) is 14.7 Å². The predicted octanol–water partition coefficient (Wildman–Crippen LogP) is 2.47. The molecule has 0 aromatic carbocycles. The van der Waals surface area contributed by atoms with E-state index < -0.39 is 10.0 Å². The van der Waals surface area contributed by atoms with Gasteiger partial charge in [0.25, 0.3) is 10.0 Å². The number of aromatic nitrogens is 2. The quantitative estimate of drug-likeness (QED) is 0.859. The van der Waals surface area contributed by atoms with Gasteiger partial charge in [-0.1, -0.05) is 0 Å². The molecule has 0 aliphatic heterocycles. The van der Waals surface area contributed by atoms with Crippen molar-refractivity contribution in [2.45, 2.75) is 11.8 Å². The molecular weight excluding hydrogens is 344 g/mol. The van der Waals surface area contributed by atoms with Crippen molar-refractivity contribution < 1.29 is 8.42 Å². The Bertz CT molecular complexity index is 706. The first-order valence-electron chi connectivity index (χ1n) is 5.85. The first-order valence-corrected chi connectivity index (χ1v) is 8.12. The molecule has 0 bridgehead atoms. The fourth-order valence-corrected chi connectivity index (χ4v) is 3.28. The molecule has 0 radical (unpaired) electrons. The van der Waals surface area contributed by atoms with Crippen LogP contribution in [0.15, 0.2) is 46.3 Å². The van der Waals surface area contributed by atoms with Crippen molar-refractivity contribution in [3.8, 4) is 0 Å². The van der Waals surface area contributed by atoms with Crippen LogP contribution in [-0.2, 0) is 10.0 Å². The second kappa shape index (κ2) is 6.19. The Balaban J connectivity index is 2.39. The highest BCUT2D eigenvalue weighted by atomic mass is 79.9. The smallest absolute Gasteiger partial charge is 0.265 e. The van der Waals surface area contributed by atoms with E-state index in [2.05, 4.69) is 35.9 Å². The number of nitrogens with zero attached hydrogens (tertiary/aromatic N) is 2. The van der Waals surface area contributed by atoms with E-state index in [9.17, 15) is 8.42 Å². The van der Waals surface area contributed by atoms with E-state index in [1.165, 1.54) is 18.6 Å². The van der Waals surface area contributed by atoms with Crippen LogP contribution in [0.3, 0.4) is 0 Å². The first-order chi connectivity index (χ1) is 9.54. The van der Waals surface area contributed by atoms with Gasteiger partial charge in [-0.15, -0.1) is 0 Å². The van der Waals surface area contributed by atoms with Gasteiger partial charge < -0.3 is 5.32 Å². The molecule has 0 aliphatic carbocycles. The normalized spacial score (nSPS) is 11.1. The van der Waals surface area contributed by atoms with Crippen molar-refractivity contribution in [1.82, 2.24) is 9.97 Å². The molecule has 0 amide bonds. The summed E-state index contributed by atoms with van der Waals surface area (Å²) in [7, 11) is -3.72. The number of hydrogen-bond donors (Lipinski definition) is 2. The average molecular weight is 357 g/mol. The monoisotopic (exact) mass is 356 g/mol. The van der Waals surface area contributed by atoms with Gasteiger partial charge in [-0.2, -0.15) is 0 Å². The summed E-state index contributed by atoms with van der Waals surface area (Å²) in [5, 5.41) is 3.00. The third-order valence-corrected chi connectivity index (χ3v) is 4.48. The van der Waals surface area contributed by atoms with Crippen LogP contribution in [0.1, 0.15) is 6.92 Å². The zero-order valence-corrected chi connectivity index (χ0v) is 13.1. The van der Waals surface area contributed by atoms with Crippen LogP contribution in [0.5, 0.6) is 0 Å². The number of anilines is 2. The lowest BCUT2D eigenvalue weighted by molar-refractivity contribution is 0.601. The summed E-state index contributed by atoms with van der Waals surface area (Å²) in [6.07, 6.45) is 5.89. The Morgan fingerprint density at radius 1 is 1.15 bits per heavy atom. The minimum Gasteiger partial charge on any atom is -0.384 e. The second-order valence-electron chi connectivity index (χ2n) is 3.86. The largest absolute Gasteiger partial charge is 0.384 e. The molecule has 0 saturated heterocycles. The number of hydrogen-bond acceptors (Lipinski definition) is 5. The third-order valence-electron chi connectivity index (χ3n) is 2.46. The SMILES string of the molecule is CCNc1ccncc1S(=O)(=O)Nc1ccncc1Br. The molecule has 2 aromatic rings. The number of sulfonamides is 1. The van der Waals surface area contributed by atoms with Crippen LogP contribution in [0, 0.1) is 0 Å². The Morgan fingerprint density at radius 3 is 2.45 bits per heavy atom. The third kappa shape index (κ3) is 3.26. The fourth-order valence-electron chi connectivity index (χ4n) is 1.59. The lowest BCUT2D eigenvalue weighted by atomic mass is 10.4. The summed E-state index contributed by atoms with van der Waals surface area (Å²) in [6, 6.07) is 3.20. The van der Waals surface area contributed by atoms with E-state index >= 15 is 0 Å². The molecule has 0 unspecified atom stereocenters. The van der Waals surface area contributed by atoms with Gasteiger partial charge in [0.2, 0.25) is 0 Å². The van der Waals surface area contributed by atoms with Crippen LogP contribution in [0.4, 0.5) is 11.4 Å². The fraction of sp³-hybridized carbons (Fsp3) is 0.167. The molecule has 2 heterocycles. The van der Waals surface area contributed by atoms with Crippen LogP contribution < -0.4 is 10.0 Å². The zero-order valence-electron chi connectivity index (χ0n) is 10.7. The molecule has 20 heavy (non-hydrogen) atoms. The molecule has 8 heteroatoms. The van der Waals surface area contributed by atoms with Crippen molar-refractivity contribution in [2.75, 3.05) is 16.6 Å². The summed E-state index contributed by atoms with van der Waals surface area (Å²) in [4.78, 5) is 7.87. The van der Waals surface area contributed by atoms with Gasteiger partial charge in [0.1, 0.15) is 4.90 Å². The predicted molar refractivity (Wildman–Crippen MR) is 81.1 cm³/mol. The maximum atomic E-state index is 12.4. The van der Waals surface area contributed by atoms with Crippen LogP contribution in [0.2, 0.25) is 0 Å². The number of nitrogens with one attached hydrogen (secondary N) is 2. The molecule has 2 rings (SSSR count). The summed E-state index contributed by atoms with van der Waals surface area (Å²) >= 11 is 3.25. The van der Waals surface area contributed by atoms with Crippen molar-refractivity contribution in [3.05, 3.63) is 41.4 Å². The standard InChI is InChI=1S/C12H13BrN4O2S/c1-2-16-11-4-6-15-8-12(11)20(18,19)17-10-3-5-14-7-9(10)13/h3-8H,2H2,1H3,(H,14,17)(H,15,16). The highest BCUT2D eigenvalue weighted by Crippen LogP contribution is 2.26. The van der Waals surface area contributed by atoms with E-state index in [0.717, 1.165) is 0 Å². The molecule has 2 N–H and O–H groups in total. The van der Waals surface area contributed by atoms with Gasteiger partial charge in [0.05, 0.1) is 15.8 Å². The molecule has 0 fully saturated rings. The Labute approximate surface area is 125 Å². The number of pyridine rings is 2. The average Bonchev–Trinajstić information content (AvgIpc) is 2.42. The topological polar surface area (TPSA) is 84.0 Å². The molecule has 6 nitrogen and oxygen atoms in total. The lowest BCUT2D eigenvalue weighted by Gasteiger charge is -2.13. The van der Waals surface area contributed by atoms with E-state index in [1.54, 1.807) is 18.3 Å². The summed E-state index contributed by atoms with van der Waals surface area (Å²) < 4.78 is 27.9. The van der Waals surface area contributed by atoms with Crippen LogP contribution in [-0.4, -0.2) is 24.9 Å². The highest BCUT2D eigenvalue weighted by molar-refractivity contribution is 9.10. The lowest BCUT2D eigenvalue weighted by Crippen LogP contribution is -2.16. The van der Waals surface area contributed by atoms with E-state index in [4.69, 9.17) is 0 Å². The van der Waals surface area contributed by atoms with E-state index in [1.807, 2.05) is 6.92 Å². The van der Waals surface area contributed by atoms with Crippen LogP contribution >= 0.6 is 15.9 Å². The molecule has 106 valence electrons. The maximum absolute atomic E-state index is 12.4. The van der Waals surface area contributed by atoms with Gasteiger partial charge in [0.15, 0.2) is 0 Å². The Kier molecular flexibility index (Phi) is 4.56. The minimum atomic E-state index is -3.72. The molecule has 2 aromatic heterocycles. The number of rotatable bonds is 5. The molecule has 0 aliphatic rings. The van der Waals surface area contributed by atoms with Crippen molar-refractivity contribution in [2.24, 2.45) is 0 Å². The molecular formula is C12H13BrN4O2S. The zero-order chi connectivity index (χ0) is 14.6. The molecule has 0 atom stereocenters. The van der Waals surface area contributed by atoms with E-state index in [-0.39, 0.29) is 4.90 Å². The Hall–Kier alpha value is -1.67. The van der Waals surface area contributed by atoms with Gasteiger partial charge in [-0.05, 0) is 35.0 Å². The molecule has 0 spiro atoms. The Morgan fingerprint density at radius 2 is 1.80 bits per heavy atom. The van der Waals surface area contributed by atoms with Crippen LogP contribution in [0.25, 0.3) is 0 Å². The number of halogens is 1. The molecule has 0 saturated carbocycles. The van der Waals surface area contributed by atoms with Crippen molar-refractivity contribution in [1.29, 1.82) is 0 Å². The summed E-state index contributed by atoms with van der Waals surface area (Å²) in [5.41, 5.74) is 0.937. The minimum absolute atomic E-state index is 0.102. The first kappa shape index (κ1) is 14.7. The second-order valence-corrected chi connectivity index (χ2v) is 6.37. The van der Waals surface area contributed by atoms with E-state index in [0.29, 0.717) is 22.4 Å². The van der Waals surface area contributed by atoms with Gasteiger partial charge >= 0.3 is 0 Å². The maximum Gasteiger partial charge on any atom is 0.265 e. The van der Waals surface area contributed by atoms with Gasteiger partial charge in [0, 0.05) is 31.3 Å².